The van der Waals surface area contributed by atoms with Crippen molar-refractivity contribution in [3.05, 3.63) is 77.2 Å². The normalized spacial score (nSPS) is 17.7. The number of methoxy groups -OCH3 is 2. The Morgan fingerprint density at radius 2 is 1.53 bits per heavy atom. The van der Waals surface area contributed by atoms with Crippen LogP contribution in [0, 0.1) is 25.7 Å². The number of alkyl carbamates (subject to hydrolysis) is 2. The summed E-state index contributed by atoms with van der Waals surface area (Å²) in [5.74, 6) is 2.30. The second-order valence-corrected chi connectivity index (χ2v) is 18.7. The highest BCUT2D eigenvalue weighted by atomic mass is 16.5. The highest BCUT2D eigenvalue weighted by molar-refractivity contribution is 6.07. The lowest BCUT2D eigenvalue weighted by atomic mass is 9.93. The SMILES string of the molecule is C#C.C#C.CC.CC[C@H](C)N(C)Cc1nc2c(ccc3cc4c(cc32)OCC2=C4C=CCC(c3cnc(CN(C(=O)CNC(=O)OC)[C@@H](C)CC)[nH]3)=C2)[nH]1.COC(=O)NCC=O.C[C@@H]1CCCCO1.C[C@@H]1CCC[C@@H](C)O1. The van der Waals surface area contributed by atoms with E-state index in [-0.39, 0.29) is 25.0 Å². The number of aromatic nitrogens is 4. The van der Waals surface area contributed by atoms with Gasteiger partial charge in [0.15, 0.2) is 0 Å². The van der Waals surface area contributed by atoms with Crippen LogP contribution in [0.2, 0.25) is 0 Å². The molecule has 2 saturated heterocycles. The third-order valence-electron chi connectivity index (χ3n) is 13.3. The molecular formula is C60H88N8O9. The maximum Gasteiger partial charge on any atom is 0.407 e. The van der Waals surface area contributed by atoms with Gasteiger partial charge in [0.1, 0.15) is 36.8 Å². The maximum absolute atomic E-state index is 13.0. The molecule has 77 heavy (non-hydrogen) atoms. The number of nitrogens with zero attached hydrogens (tertiary/aromatic N) is 4. The fourth-order valence-corrected chi connectivity index (χ4v) is 8.59. The molecule has 0 bridgehead atoms. The Hall–Kier alpha value is -6.92. The number of amides is 3. The Kier molecular flexibility index (Phi) is 31.1. The molecule has 8 rings (SSSR count). The highest BCUT2D eigenvalue weighted by Crippen LogP contribution is 2.41. The Morgan fingerprint density at radius 1 is 0.870 bits per heavy atom. The molecule has 17 nitrogen and oxygen atoms in total. The van der Waals surface area contributed by atoms with Crippen molar-refractivity contribution in [3.63, 3.8) is 0 Å². The summed E-state index contributed by atoms with van der Waals surface area (Å²) in [7, 11) is 4.65. The third kappa shape index (κ3) is 21.2. The molecule has 4 aromatic rings. The van der Waals surface area contributed by atoms with Crippen LogP contribution in [0.25, 0.3) is 33.0 Å². The van der Waals surface area contributed by atoms with Gasteiger partial charge in [-0.15, -0.1) is 25.7 Å². The fourth-order valence-electron chi connectivity index (χ4n) is 8.59. The van der Waals surface area contributed by atoms with Crippen molar-refractivity contribution in [3.8, 4) is 31.4 Å². The van der Waals surface area contributed by atoms with E-state index < -0.39 is 12.2 Å². The molecule has 0 spiro atoms. The van der Waals surface area contributed by atoms with Gasteiger partial charge in [-0.1, -0.05) is 45.9 Å². The van der Waals surface area contributed by atoms with Crippen molar-refractivity contribution in [1.82, 2.24) is 40.4 Å². The number of carbonyl (C=O) groups excluding carboxylic acids is 4. The first-order chi connectivity index (χ1) is 37.2. The van der Waals surface area contributed by atoms with Crippen LogP contribution in [0.15, 0.2) is 54.3 Å². The topological polar surface area (TPSA) is 202 Å². The number of ether oxygens (including phenoxy) is 5. The molecular weight excluding hydrogens is 977 g/mol. The summed E-state index contributed by atoms with van der Waals surface area (Å²) >= 11 is 0. The summed E-state index contributed by atoms with van der Waals surface area (Å²) in [5.41, 5.74) is 7.30. The van der Waals surface area contributed by atoms with Crippen LogP contribution in [-0.4, -0.2) is 132 Å². The smallest absolute Gasteiger partial charge is 0.407 e. The van der Waals surface area contributed by atoms with E-state index in [0.717, 1.165) is 93.8 Å². The minimum absolute atomic E-state index is 0.00662. The van der Waals surface area contributed by atoms with Gasteiger partial charge in [0.2, 0.25) is 5.91 Å². The number of aromatic amines is 2. The van der Waals surface area contributed by atoms with Crippen molar-refractivity contribution < 1.29 is 42.9 Å². The maximum atomic E-state index is 13.0. The Labute approximate surface area is 458 Å². The summed E-state index contributed by atoms with van der Waals surface area (Å²) < 4.78 is 25.9. The van der Waals surface area contributed by atoms with Gasteiger partial charge in [-0.05, 0) is 146 Å². The summed E-state index contributed by atoms with van der Waals surface area (Å²) in [5, 5.41) is 6.83. The van der Waals surface area contributed by atoms with E-state index in [1.54, 1.807) is 4.90 Å². The van der Waals surface area contributed by atoms with Gasteiger partial charge in [-0.25, -0.2) is 19.6 Å². The first kappa shape index (κ1) is 66.2. The number of aldehydes is 1. The number of nitrogens with one attached hydrogen (secondary N) is 4. The van der Waals surface area contributed by atoms with Crippen LogP contribution in [0.3, 0.4) is 0 Å². The van der Waals surface area contributed by atoms with Crippen LogP contribution in [0.1, 0.15) is 143 Å². The zero-order valence-electron chi connectivity index (χ0n) is 48.0. The van der Waals surface area contributed by atoms with Crippen molar-refractivity contribution in [2.75, 3.05) is 47.6 Å². The van der Waals surface area contributed by atoms with Crippen LogP contribution < -0.4 is 15.4 Å². The highest BCUT2D eigenvalue weighted by Gasteiger charge is 2.25. The molecule has 422 valence electrons. The average Bonchev–Trinajstić information content (AvgIpc) is 4.05. The molecule has 5 atom stereocenters. The van der Waals surface area contributed by atoms with Gasteiger partial charge in [0.05, 0.1) is 75.1 Å². The number of carbonyl (C=O) groups is 4. The van der Waals surface area contributed by atoms with Crippen LogP contribution in [-0.2, 0) is 41.6 Å². The van der Waals surface area contributed by atoms with Crippen molar-refractivity contribution in [2.24, 2.45) is 0 Å². The number of terminal acetylenes is 2. The van der Waals surface area contributed by atoms with Crippen LogP contribution in [0.5, 0.6) is 5.75 Å². The van der Waals surface area contributed by atoms with E-state index in [0.29, 0.717) is 49.6 Å². The van der Waals surface area contributed by atoms with Gasteiger partial charge in [-0.2, -0.15) is 0 Å². The molecule has 1 aliphatic carbocycles. The van der Waals surface area contributed by atoms with Crippen molar-refractivity contribution in [2.45, 2.75) is 164 Å². The van der Waals surface area contributed by atoms with E-state index in [2.05, 4.69) is 150 Å². The van der Waals surface area contributed by atoms with Gasteiger partial charge in [-0.3, -0.25) is 9.69 Å². The standard InChI is InChI=1S/C37H45N7O4.C7H14O.C6H12O.C4H7NO3.C2H6.2C2H2/c1-7-22(3)43(5)19-34-40-30-13-12-24-15-29-27-11-9-10-25(14-26(27)21-48-32(29)16-28(24)36(30)42-34)31-17-38-33(41-31)20-44(23(4)8-2)35(45)18-39-37(46)47-6;1-6-4-3-5-7(2)8-6;1-6-4-2-3-5-7-6;1-8-4(7)5-2-3-6;3*1-2/h9,11-17,22-23H,7-8,10,18-21H2,1-6H3,(H,38,41)(H,39,46)(H,40,42);6-7H,3-5H2,1-2H3;6H,2-5H2,1H3;3H,2H2,1H3,(H,5,7);1-2H3;2*1-2H/t22-,23-;6-,7-;6-;;;;/m011..../s1. The lowest BCUT2D eigenvalue weighted by molar-refractivity contribution is -0.133. The van der Waals surface area contributed by atoms with Gasteiger partial charge in [0.25, 0.3) is 0 Å². The number of fused-ring (bicyclic) bond motifs is 5. The molecule has 0 radical (unpaired) electrons. The Morgan fingerprint density at radius 3 is 2.10 bits per heavy atom. The molecule has 3 aliphatic heterocycles. The summed E-state index contributed by atoms with van der Waals surface area (Å²) in [4.78, 5) is 64.7. The molecule has 0 saturated carbocycles. The predicted molar refractivity (Wildman–Crippen MR) is 309 cm³/mol. The van der Waals surface area contributed by atoms with Crippen molar-refractivity contribution in [1.29, 1.82) is 0 Å². The van der Waals surface area contributed by atoms with E-state index in [4.69, 9.17) is 19.2 Å². The zero-order valence-corrected chi connectivity index (χ0v) is 48.0. The number of allylic oxidation sites excluding steroid dienone is 4. The average molecular weight is 1070 g/mol. The molecule has 5 heterocycles. The number of rotatable bonds is 13. The fraction of sp³-hybridized carbons (Fsp3) is 0.533. The molecule has 2 aromatic heterocycles. The minimum atomic E-state index is -0.637. The van der Waals surface area contributed by atoms with Crippen LogP contribution >= 0.6 is 0 Å². The van der Waals surface area contributed by atoms with E-state index in [9.17, 15) is 19.2 Å². The number of H-pyrrole nitrogens is 2. The zero-order chi connectivity index (χ0) is 57.5. The molecule has 17 heteroatoms. The first-order valence-corrected chi connectivity index (χ1v) is 26.9. The minimum Gasteiger partial charge on any atom is -0.488 e. The summed E-state index contributed by atoms with van der Waals surface area (Å²) in [6.07, 6.45) is 35.6. The molecule has 2 fully saturated rings. The Balaban J connectivity index is 0.000000568. The number of benzene rings is 2. The molecule has 2 aromatic carbocycles. The first-order valence-electron chi connectivity index (χ1n) is 26.9. The van der Waals surface area contributed by atoms with E-state index >= 15 is 0 Å². The van der Waals surface area contributed by atoms with E-state index in [1.165, 1.54) is 52.7 Å². The number of hydrogen-bond acceptors (Lipinski definition) is 12. The molecule has 0 unspecified atom stereocenters. The van der Waals surface area contributed by atoms with Crippen molar-refractivity contribution >= 4 is 57.3 Å². The van der Waals surface area contributed by atoms with E-state index in [1.807, 2.05) is 33.9 Å². The summed E-state index contributed by atoms with van der Waals surface area (Å²) in [6.45, 7) is 21.3. The summed E-state index contributed by atoms with van der Waals surface area (Å²) in [6, 6.07) is 9.07. The molecule has 4 N–H and O–H groups in total. The van der Waals surface area contributed by atoms with Gasteiger partial charge in [0, 0.05) is 29.6 Å². The third-order valence-corrected chi connectivity index (χ3v) is 13.3. The van der Waals surface area contributed by atoms with Crippen LogP contribution in [0.4, 0.5) is 9.59 Å². The quantitative estimate of drug-likeness (QED) is 0.0730. The molecule has 3 amide bonds. The number of imidazole rings is 2. The predicted octanol–water partition coefficient (Wildman–Crippen LogP) is 10.9. The lowest BCUT2D eigenvalue weighted by Gasteiger charge is -2.28. The van der Waals surface area contributed by atoms with Gasteiger partial charge >= 0.3 is 12.2 Å². The molecule has 4 aliphatic rings. The number of hydrogen-bond donors (Lipinski definition) is 4. The second-order valence-electron chi connectivity index (χ2n) is 18.7. The van der Waals surface area contributed by atoms with Gasteiger partial charge < -0.3 is 54.0 Å². The largest absolute Gasteiger partial charge is 0.488 e. The lowest BCUT2D eigenvalue weighted by Crippen LogP contribution is -2.44. The second kappa shape index (κ2) is 36.2. The Bertz CT molecular complexity index is 2560. The monoisotopic (exact) mass is 1060 g/mol.